The van der Waals surface area contributed by atoms with Gasteiger partial charge in [0.1, 0.15) is 4.90 Å². The van der Waals surface area contributed by atoms with Crippen LogP contribution in [0.15, 0.2) is 40.6 Å². The Morgan fingerprint density at radius 1 is 1.28 bits per heavy atom. The molecule has 0 unspecified atom stereocenters. The monoisotopic (exact) mass is 378 g/mol. The lowest BCUT2D eigenvalue weighted by Gasteiger charge is -2.18. The Morgan fingerprint density at radius 2 is 2.04 bits per heavy atom. The average Bonchev–Trinajstić information content (AvgIpc) is 3.12. The van der Waals surface area contributed by atoms with Crippen molar-refractivity contribution in [2.75, 3.05) is 6.54 Å². The van der Waals surface area contributed by atoms with E-state index in [1.807, 2.05) is 17.5 Å². The number of benzene rings is 1. The van der Waals surface area contributed by atoms with Gasteiger partial charge < -0.3 is 5.32 Å². The van der Waals surface area contributed by atoms with E-state index >= 15 is 0 Å². The maximum absolute atomic E-state index is 12.6. The molecule has 132 valence electrons. The molecule has 6 nitrogen and oxygen atoms in total. The van der Waals surface area contributed by atoms with Crippen LogP contribution in [0, 0.1) is 0 Å². The highest BCUT2D eigenvalue weighted by atomic mass is 32.2. The van der Waals surface area contributed by atoms with Crippen LogP contribution in [-0.2, 0) is 16.4 Å². The molecule has 25 heavy (non-hydrogen) atoms. The van der Waals surface area contributed by atoms with Gasteiger partial charge in [-0.15, -0.1) is 11.3 Å². The average molecular weight is 378 g/mol. The van der Waals surface area contributed by atoms with Crippen LogP contribution in [-0.4, -0.2) is 37.1 Å². The molecule has 1 aromatic carbocycles. The fourth-order valence-corrected chi connectivity index (χ4v) is 5.26. The molecule has 2 heterocycles. The first-order valence-electron chi connectivity index (χ1n) is 7.86. The first-order valence-corrected chi connectivity index (χ1v) is 10.2. The predicted octanol–water partition coefficient (Wildman–Crippen LogP) is 2.27. The van der Waals surface area contributed by atoms with Crippen molar-refractivity contribution in [3.05, 3.63) is 51.7 Å². The van der Waals surface area contributed by atoms with Crippen LogP contribution in [0.3, 0.4) is 0 Å². The SMILES string of the molecule is CC(C)N1C(=O)c2ccc(C(=O)NCCc3cccs3)cc2S1(=O)=O. The fraction of sp³-hybridized carbons (Fsp3) is 0.294. The zero-order valence-electron chi connectivity index (χ0n) is 13.9. The number of fused-ring (bicyclic) bond motifs is 1. The Hall–Kier alpha value is -2.19. The summed E-state index contributed by atoms with van der Waals surface area (Å²) in [5.41, 5.74) is 0.343. The zero-order valence-corrected chi connectivity index (χ0v) is 15.5. The van der Waals surface area contributed by atoms with Crippen LogP contribution in [0.25, 0.3) is 0 Å². The summed E-state index contributed by atoms with van der Waals surface area (Å²) in [6.07, 6.45) is 0.715. The number of carbonyl (C=O) groups excluding carboxylic acids is 2. The van der Waals surface area contributed by atoms with Crippen molar-refractivity contribution >= 4 is 33.2 Å². The number of thiophene rings is 1. The molecule has 1 aromatic heterocycles. The van der Waals surface area contributed by atoms with Crippen molar-refractivity contribution < 1.29 is 18.0 Å². The molecule has 0 saturated carbocycles. The Bertz CT molecular complexity index is 918. The van der Waals surface area contributed by atoms with Gasteiger partial charge in [-0.05, 0) is 49.9 Å². The molecule has 0 fully saturated rings. The minimum atomic E-state index is -3.90. The predicted molar refractivity (Wildman–Crippen MR) is 95.3 cm³/mol. The summed E-state index contributed by atoms with van der Waals surface area (Å²) >= 11 is 1.62. The van der Waals surface area contributed by atoms with Gasteiger partial charge >= 0.3 is 0 Å². The highest BCUT2D eigenvalue weighted by Gasteiger charge is 2.42. The van der Waals surface area contributed by atoms with Crippen LogP contribution >= 0.6 is 11.3 Å². The fourth-order valence-electron chi connectivity index (χ4n) is 2.76. The number of rotatable bonds is 5. The van der Waals surface area contributed by atoms with Crippen molar-refractivity contribution in [1.29, 1.82) is 0 Å². The third kappa shape index (κ3) is 3.19. The lowest BCUT2D eigenvalue weighted by Crippen LogP contribution is -2.36. The summed E-state index contributed by atoms with van der Waals surface area (Å²) in [6.45, 7) is 3.74. The number of amides is 2. The lowest BCUT2D eigenvalue weighted by atomic mass is 10.1. The molecule has 0 atom stereocenters. The van der Waals surface area contributed by atoms with Crippen LogP contribution in [0.4, 0.5) is 0 Å². The summed E-state index contributed by atoms with van der Waals surface area (Å²) in [7, 11) is -3.90. The van der Waals surface area contributed by atoms with E-state index in [-0.39, 0.29) is 21.9 Å². The molecule has 0 saturated heterocycles. The second kappa shape index (κ2) is 6.61. The number of hydrogen-bond donors (Lipinski definition) is 1. The van der Waals surface area contributed by atoms with Crippen LogP contribution < -0.4 is 5.32 Å². The van der Waals surface area contributed by atoms with Gasteiger partial charge in [0.05, 0.1) is 5.56 Å². The topological polar surface area (TPSA) is 83.6 Å². The van der Waals surface area contributed by atoms with Gasteiger partial charge in [0.15, 0.2) is 0 Å². The Morgan fingerprint density at radius 3 is 2.68 bits per heavy atom. The van der Waals surface area contributed by atoms with Gasteiger partial charge in [-0.1, -0.05) is 6.07 Å². The smallest absolute Gasteiger partial charge is 0.269 e. The van der Waals surface area contributed by atoms with Crippen molar-refractivity contribution in [2.45, 2.75) is 31.2 Å². The summed E-state index contributed by atoms with van der Waals surface area (Å²) in [4.78, 5) is 25.6. The maximum atomic E-state index is 12.6. The Labute approximate surface area is 150 Å². The molecular formula is C17H18N2O4S2. The molecule has 1 aliphatic heterocycles. The number of sulfonamides is 1. The van der Waals surface area contributed by atoms with E-state index < -0.39 is 22.0 Å². The summed E-state index contributed by atoms with van der Waals surface area (Å²) in [5.74, 6) is -0.903. The summed E-state index contributed by atoms with van der Waals surface area (Å²) in [6, 6.07) is 7.64. The molecule has 8 heteroatoms. The highest BCUT2D eigenvalue weighted by Crippen LogP contribution is 2.32. The van der Waals surface area contributed by atoms with Gasteiger partial charge in [0.2, 0.25) is 0 Å². The second-order valence-electron chi connectivity index (χ2n) is 6.00. The van der Waals surface area contributed by atoms with Gasteiger partial charge in [-0.3, -0.25) is 9.59 Å². The minimum absolute atomic E-state index is 0.0999. The van der Waals surface area contributed by atoms with E-state index in [0.29, 0.717) is 13.0 Å². The van der Waals surface area contributed by atoms with E-state index in [1.54, 1.807) is 25.2 Å². The molecule has 2 aromatic rings. The third-order valence-electron chi connectivity index (χ3n) is 3.92. The lowest BCUT2D eigenvalue weighted by molar-refractivity contribution is 0.0845. The number of hydrogen-bond acceptors (Lipinski definition) is 5. The first kappa shape index (κ1) is 17.6. The Balaban J connectivity index is 1.79. The molecular weight excluding hydrogens is 360 g/mol. The number of nitrogens with one attached hydrogen (secondary N) is 1. The molecule has 0 spiro atoms. The van der Waals surface area contributed by atoms with Crippen LogP contribution in [0.2, 0.25) is 0 Å². The second-order valence-corrected chi connectivity index (χ2v) is 8.81. The largest absolute Gasteiger partial charge is 0.352 e. The third-order valence-corrected chi connectivity index (χ3v) is 6.85. The first-order chi connectivity index (χ1) is 11.8. The van der Waals surface area contributed by atoms with Gasteiger partial charge in [-0.25, -0.2) is 12.7 Å². The quantitative estimate of drug-likeness (QED) is 0.865. The normalized spacial score (nSPS) is 15.5. The van der Waals surface area contributed by atoms with Crippen LogP contribution in [0.5, 0.6) is 0 Å². The minimum Gasteiger partial charge on any atom is -0.352 e. The molecule has 0 radical (unpaired) electrons. The van der Waals surface area contributed by atoms with Crippen LogP contribution in [0.1, 0.15) is 39.4 Å². The Kier molecular flexibility index (Phi) is 4.66. The van der Waals surface area contributed by atoms with E-state index in [2.05, 4.69) is 5.32 Å². The van der Waals surface area contributed by atoms with E-state index in [0.717, 1.165) is 9.18 Å². The van der Waals surface area contributed by atoms with E-state index in [4.69, 9.17) is 0 Å². The van der Waals surface area contributed by atoms with E-state index in [1.165, 1.54) is 18.2 Å². The van der Waals surface area contributed by atoms with Gasteiger partial charge in [0.25, 0.3) is 21.8 Å². The number of carbonyl (C=O) groups is 2. The highest BCUT2D eigenvalue weighted by molar-refractivity contribution is 7.90. The van der Waals surface area contributed by atoms with Gasteiger partial charge in [-0.2, -0.15) is 0 Å². The standard InChI is InChI=1S/C17H18N2O4S2/c1-11(2)19-17(21)14-6-5-12(10-15(14)25(19,22)23)16(20)18-8-7-13-4-3-9-24-13/h3-6,9-11H,7-8H2,1-2H3,(H,18,20). The molecule has 0 aliphatic carbocycles. The molecule has 1 aliphatic rings. The molecule has 1 N–H and O–H groups in total. The zero-order chi connectivity index (χ0) is 18.2. The number of nitrogens with zero attached hydrogens (tertiary/aromatic N) is 1. The van der Waals surface area contributed by atoms with Crippen molar-refractivity contribution in [2.24, 2.45) is 0 Å². The molecule has 3 rings (SSSR count). The van der Waals surface area contributed by atoms with E-state index in [9.17, 15) is 18.0 Å². The van der Waals surface area contributed by atoms with Crippen molar-refractivity contribution in [1.82, 2.24) is 9.62 Å². The van der Waals surface area contributed by atoms with Crippen molar-refractivity contribution in [3.63, 3.8) is 0 Å². The summed E-state index contributed by atoms with van der Waals surface area (Å²) < 4.78 is 26.0. The molecule has 2 amide bonds. The van der Waals surface area contributed by atoms with Gasteiger partial charge in [0, 0.05) is 23.0 Å². The van der Waals surface area contributed by atoms with Crippen molar-refractivity contribution in [3.8, 4) is 0 Å². The maximum Gasteiger partial charge on any atom is 0.269 e. The molecule has 0 bridgehead atoms. The summed E-state index contributed by atoms with van der Waals surface area (Å²) in [5, 5.41) is 4.75.